The van der Waals surface area contributed by atoms with Gasteiger partial charge in [0.15, 0.2) is 12.0 Å². The normalized spacial score (nSPS) is 14.7. The minimum Gasteiger partial charge on any atom is -0.481 e. The summed E-state index contributed by atoms with van der Waals surface area (Å²) in [7, 11) is 2.07. The second-order valence-electron chi connectivity index (χ2n) is 12.2. The number of carboxylic acid groups (broad SMARTS) is 1. The molecule has 0 saturated heterocycles. The van der Waals surface area contributed by atoms with Crippen molar-refractivity contribution in [3.63, 3.8) is 0 Å². The summed E-state index contributed by atoms with van der Waals surface area (Å²) >= 11 is 0. The Kier molecular flexibility index (Phi) is 14.3. The van der Waals surface area contributed by atoms with E-state index in [1.165, 1.54) is 24.1 Å². The van der Waals surface area contributed by atoms with E-state index in [1.54, 1.807) is 22.9 Å². The second kappa shape index (κ2) is 18.1. The summed E-state index contributed by atoms with van der Waals surface area (Å²) in [4.78, 5) is 52.0. The minimum absolute atomic E-state index is 0.132. The van der Waals surface area contributed by atoms with Crippen molar-refractivity contribution in [2.75, 3.05) is 32.1 Å². The molecule has 0 spiro atoms. The van der Waals surface area contributed by atoms with Crippen LogP contribution in [-0.2, 0) is 22.6 Å². The molecule has 3 N–H and O–H groups in total. The molecule has 0 saturated carbocycles. The molecule has 1 aromatic heterocycles. The van der Waals surface area contributed by atoms with Gasteiger partial charge in [-0.15, -0.1) is 0 Å². The Morgan fingerprint density at radius 2 is 1.72 bits per heavy atom. The van der Waals surface area contributed by atoms with Gasteiger partial charge in [-0.05, 0) is 68.6 Å². The Hall–Kier alpha value is -4.35. The van der Waals surface area contributed by atoms with Crippen molar-refractivity contribution in [1.82, 2.24) is 19.6 Å². The van der Waals surface area contributed by atoms with Crippen molar-refractivity contribution in [2.24, 2.45) is 5.92 Å². The SMILES string of the molecule is CCCCN(CCCC)C(=O)c1cc(C)n(-c2ccc(NC(=O)C(C)CC(=O)O)cc2C=O)n1.CN1Cc2ccccc2CC1CO. The van der Waals surface area contributed by atoms with Gasteiger partial charge in [-0.25, -0.2) is 4.68 Å². The number of nitrogens with zero attached hydrogens (tertiary/aromatic N) is 4. The van der Waals surface area contributed by atoms with Crippen LogP contribution in [0.2, 0.25) is 0 Å². The summed E-state index contributed by atoms with van der Waals surface area (Å²) in [6, 6.07) is 15.2. The second-order valence-corrected chi connectivity index (χ2v) is 12.2. The van der Waals surface area contributed by atoms with E-state index in [0.717, 1.165) is 38.6 Å². The molecule has 254 valence electrons. The molecule has 4 rings (SSSR count). The van der Waals surface area contributed by atoms with Crippen LogP contribution < -0.4 is 5.32 Å². The lowest BCUT2D eigenvalue weighted by Gasteiger charge is -2.32. The monoisotopic (exact) mass is 647 g/mol. The van der Waals surface area contributed by atoms with E-state index in [1.807, 2.05) is 11.8 Å². The maximum Gasteiger partial charge on any atom is 0.304 e. The number of aromatic nitrogens is 2. The number of aliphatic carboxylic acids is 1. The van der Waals surface area contributed by atoms with Gasteiger partial charge in [-0.1, -0.05) is 57.9 Å². The number of anilines is 1. The number of carbonyl (C=O) groups is 4. The molecule has 0 bridgehead atoms. The number of likely N-dealkylation sites (N-methyl/N-ethyl adjacent to an activating group) is 1. The van der Waals surface area contributed by atoms with Gasteiger partial charge < -0.3 is 20.4 Å². The van der Waals surface area contributed by atoms with Crippen molar-refractivity contribution in [1.29, 1.82) is 0 Å². The lowest BCUT2D eigenvalue weighted by molar-refractivity contribution is -0.139. The molecule has 2 amide bonds. The van der Waals surface area contributed by atoms with Crippen LogP contribution in [0, 0.1) is 12.8 Å². The number of aldehydes is 1. The van der Waals surface area contributed by atoms with E-state index >= 15 is 0 Å². The minimum atomic E-state index is -1.06. The molecule has 3 aromatic rings. The summed E-state index contributed by atoms with van der Waals surface area (Å²) in [6.07, 6.45) is 5.16. The van der Waals surface area contributed by atoms with Crippen molar-refractivity contribution < 1.29 is 29.4 Å². The van der Waals surface area contributed by atoms with Gasteiger partial charge in [0.05, 0.1) is 18.7 Å². The number of carbonyl (C=O) groups excluding carboxylic acids is 3. The number of hydrogen-bond acceptors (Lipinski definition) is 7. The number of unbranched alkanes of at least 4 members (excludes halogenated alkanes) is 2. The first kappa shape index (κ1) is 37.1. The fourth-order valence-corrected chi connectivity index (χ4v) is 5.46. The molecule has 0 aliphatic carbocycles. The van der Waals surface area contributed by atoms with Crippen LogP contribution in [0.15, 0.2) is 48.5 Å². The largest absolute Gasteiger partial charge is 0.481 e. The number of hydrogen-bond donors (Lipinski definition) is 3. The Labute approximate surface area is 277 Å². The third-order valence-corrected chi connectivity index (χ3v) is 8.36. The predicted octanol–water partition coefficient (Wildman–Crippen LogP) is 5.12. The van der Waals surface area contributed by atoms with E-state index in [2.05, 4.69) is 60.5 Å². The zero-order valence-electron chi connectivity index (χ0n) is 28.2. The van der Waals surface area contributed by atoms with Crippen LogP contribution in [0.3, 0.4) is 0 Å². The smallest absolute Gasteiger partial charge is 0.304 e. The molecule has 2 atom stereocenters. The van der Waals surface area contributed by atoms with Crippen LogP contribution in [-0.4, -0.2) is 86.6 Å². The lowest BCUT2D eigenvalue weighted by Crippen LogP contribution is -2.39. The highest BCUT2D eigenvalue weighted by Crippen LogP contribution is 2.23. The Morgan fingerprint density at radius 3 is 2.32 bits per heavy atom. The maximum atomic E-state index is 13.1. The number of fused-ring (bicyclic) bond motifs is 1. The maximum absolute atomic E-state index is 13.1. The van der Waals surface area contributed by atoms with Gasteiger partial charge in [0, 0.05) is 48.5 Å². The molecule has 2 heterocycles. The average Bonchev–Trinajstić information content (AvgIpc) is 3.45. The highest BCUT2D eigenvalue weighted by atomic mass is 16.4. The molecular weight excluding hydrogens is 598 g/mol. The van der Waals surface area contributed by atoms with Gasteiger partial charge in [-0.3, -0.25) is 24.1 Å². The van der Waals surface area contributed by atoms with Gasteiger partial charge in [0.25, 0.3) is 5.91 Å². The van der Waals surface area contributed by atoms with Crippen molar-refractivity contribution in [2.45, 2.75) is 78.8 Å². The van der Waals surface area contributed by atoms with E-state index in [0.29, 0.717) is 48.2 Å². The van der Waals surface area contributed by atoms with E-state index in [9.17, 15) is 19.2 Å². The molecule has 0 radical (unpaired) electrons. The number of aliphatic hydroxyl groups is 1. The average molecular weight is 648 g/mol. The molecule has 1 aliphatic heterocycles. The molecule has 2 aromatic carbocycles. The third kappa shape index (κ3) is 10.3. The Morgan fingerprint density at radius 1 is 1.06 bits per heavy atom. The first-order valence-corrected chi connectivity index (χ1v) is 16.4. The quantitative estimate of drug-likeness (QED) is 0.205. The predicted molar refractivity (Wildman–Crippen MR) is 182 cm³/mol. The zero-order valence-corrected chi connectivity index (χ0v) is 28.2. The Bertz CT molecular complexity index is 1510. The van der Waals surface area contributed by atoms with Crippen LogP contribution in [0.4, 0.5) is 5.69 Å². The van der Waals surface area contributed by atoms with Crippen molar-refractivity contribution in [3.8, 4) is 5.69 Å². The number of aliphatic hydroxyl groups excluding tert-OH is 1. The Balaban J connectivity index is 0.000000380. The number of benzene rings is 2. The van der Waals surface area contributed by atoms with Crippen molar-refractivity contribution in [3.05, 3.63) is 76.6 Å². The fraction of sp³-hybridized carbons (Fsp3) is 0.472. The highest BCUT2D eigenvalue weighted by Gasteiger charge is 2.23. The summed E-state index contributed by atoms with van der Waals surface area (Å²) in [6.45, 7) is 10.1. The number of nitrogens with one attached hydrogen (secondary N) is 1. The van der Waals surface area contributed by atoms with E-state index in [4.69, 9.17) is 10.2 Å². The van der Waals surface area contributed by atoms with E-state index < -0.39 is 17.8 Å². The van der Waals surface area contributed by atoms with Gasteiger partial charge >= 0.3 is 5.97 Å². The molecule has 0 fully saturated rings. The number of amides is 2. The molecule has 11 nitrogen and oxygen atoms in total. The van der Waals surface area contributed by atoms with Crippen LogP contribution in [0.5, 0.6) is 0 Å². The molecule has 2 unspecified atom stereocenters. The number of rotatable bonds is 14. The number of aryl methyl sites for hydroxylation is 1. The molecule has 1 aliphatic rings. The number of carboxylic acids is 1. The molecule has 11 heteroatoms. The standard InChI is InChI=1S/C25H34N4O5.C11H15NO/c1-5-7-11-28(12-8-6-2)25(34)21-14-18(4)29(27-21)22-10-9-20(15-19(22)16-30)26-24(33)17(3)13-23(31)32;1-12-7-10-5-3-2-4-9(10)6-11(12)8-13/h9-10,14-17H,5-8,11-13H2,1-4H3,(H,26,33)(H,31,32);2-5,11,13H,6-8H2,1H3. The van der Waals surface area contributed by atoms with Crippen LogP contribution in [0.1, 0.15) is 90.5 Å². The first-order chi connectivity index (χ1) is 22.5. The van der Waals surface area contributed by atoms with E-state index in [-0.39, 0.29) is 24.5 Å². The zero-order chi connectivity index (χ0) is 34.5. The summed E-state index contributed by atoms with van der Waals surface area (Å²) in [5, 5.41) is 25.1. The van der Waals surface area contributed by atoms with Crippen molar-refractivity contribution >= 4 is 29.8 Å². The summed E-state index contributed by atoms with van der Waals surface area (Å²) in [5.74, 6) is -2.36. The summed E-state index contributed by atoms with van der Waals surface area (Å²) in [5.41, 5.74) is 4.94. The first-order valence-electron chi connectivity index (χ1n) is 16.4. The van der Waals surface area contributed by atoms with Crippen LogP contribution in [0.25, 0.3) is 5.69 Å². The molecular formula is C36H49N5O6. The summed E-state index contributed by atoms with van der Waals surface area (Å²) < 4.78 is 1.55. The highest BCUT2D eigenvalue weighted by molar-refractivity contribution is 5.96. The van der Waals surface area contributed by atoms with Gasteiger partial charge in [0.1, 0.15) is 0 Å². The lowest BCUT2D eigenvalue weighted by atomic mass is 9.95. The fourth-order valence-electron chi connectivity index (χ4n) is 5.46. The molecule has 47 heavy (non-hydrogen) atoms. The van der Waals surface area contributed by atoms with Crippen LogP contribution >= 0.6 is 0 Å². The topological polar surface area (TPSA) is 145 Å². The van der Waals surface area contributed by atoms with Gasteiger partial charge in [0.2, 0.25) is 5.91 Å². The van der Waals surface area contributed by atoms with Gasteiger partial charge in [-0.2, -0.15) is 5.10 Å². The third-order valence-electron chi connectivity index (χ3n) is 8.36.